The Labute approximate surface area is 367 Å². The van der Waals surface area contributed by atoms with Crippen molar-refractivity contribution in [1.82, 2.24) is 9.13 Å². The maximum Gasteiger partial charge on any atom is 0.211 e. The Morgan fingerprint density at radius 3 is 1.12 bits per heavy atom. The Bertz CT molecular complexity index is 3740. The van der Waals surface area contributed by atoms with Crippen molar-refractivity contribution in [2.45, 2.75) is 9.79 Å². The first-order valence-corrected chi connectivity index (χ1v) is 23.5. The molecule has 0 spiro atoms. The van der Waals surface area contributed by atoms with E-state index in [4.69, 9.17) is 0 Å². The number of Topliss-reactive ketones (excluding diaryl/α,β-unsaturated/α-hetero) is 2. The number of hydrogen-bond acceptors (Lipinski definition) is 6. The first-order valence-electron chi connectivity index (χ1n) is 20.6. The van der Waals surface area contributed by atoms with Crippen LogP contribution in [0.15, 0.2) is 202 Å². The second kappa shape index (κ2) is 13.8. The van der Waals surface area contributed by atoms with Gasteiger partial charge in [0.05, 0.1) is 31.9 Å². The van der Waals surface area contributed by atoms with Crippen molar-refractivity contribution >= 4 is 87.0 Å². The normalized spacial score (nSPS) is 16.4. The molecular formula is C54H32N2O6S2. The van der Waals surface area contributed by atoms with Crippen LogP contribution < -0.4 is 0 Å². The zero-order valence-corrected chi connectivity index (χ0v) is 35.3. The van der Waals surface area contributed by atoms with Gasteiger partial charge in [-0.2, -0.15) is 0 Å². The molecule has 2 aromatic heterocycles. The molecule has 12 rings (SSSR count). The van der Waals surface area contributed by atoms with Crippen LogP contribution in [0, 0.1) is 0 Å². The highest BCUT2D eigenvalue weighted by Crippen LogP contribution is 2.40. The fourth-order valence-corrected chi connectivity index (χ4v) is 12.6. The van der Waals surface area contributed by atoms with E-state index in [0.717, 1.165) is 66.1 Å². The van der Waals surface area contributed by atoms with E-state index < -0.39 is 31.2 Å². The molecular weight excluding hydrogens is 837 g/mol. The fraction of sp³-hybridized carbons (Fsp3) is 0. The lowest BCUT2D eigenvalue weighted by Gasteiger charge is -2.11. The van der Waals surface area contributed by atoms with Crippen molar-refractivity contribution < 1.29 is 26.4 Å². The first kappa shape index (κ1) is 37.8. The van der Waals surface area contributed by atoms with Crippen molar-refractivity contribution in [2.24, 2.45) is 0 Å². The number of allylic oxidation sites excluding steroid dienone is 2. The molecule has 0 N–H and O–H groups in total. The molecule has 0 fully saturated rings. The lowest BCUT2D eigenvalue weighted by Crippen LogP contribution is -2.02. The summed E-state index contributed by atoms with van der Waals surface area (Å²) in [7, 11) is -7.85. The Kier molecular flexibility index (Phi) is 8.15. The van der Waals surface area contributed by atoms with Crippen LogP contribution in [-0.2, 0) is 19.7 Å². The predicted molar refractivity (Wildman–Crippen MR) is 252 cm³/mol. The number of nitrogens with zero attached hydrogens (tertiary/aromatic N) is 2. The van der Waals surface area contributed by atoms with Crippen molar-refractivity contribution in [1.29, 1.82) is 0 Å². The Balaban J connectivity index is 0.869. The van der Waals surface area contributed by atoms with Gasteiger partial charge in [0, 0.05) is 44.0 Å². The van der Waals surface area contributed by atoms with Crippen molar-refractivity contribution in [2.75, 3.05) is 0 Å². The minimum absolute atomic E-state index is 0.0466. The highest BCUT2D eigenvalue weighted by molar-refractivity contribution is 7.97. The zero-order valence-electron chi connectivity index (χ0n) is 33.6. The molecule has 64 heavy (non-hydrogen) atoms. The fourth-order valence-electron chi connectivity index (χ4n) is 9.44. The maximum absolute atomic E-state index is 13.3. The monoisotopic (exact) mass is 868 g/mol. The van der Waals surface area contributed by atoms with Crippen molar-refractivity contribution in [3.05, 3.63) is 214 Å². The lowest BCUT2D eigenvalue weighted by molar-refractivity contribution is 0.103. The summed E-state index contributed by atoms with van der Waals surface area (Å²) in [5.41, 5.74) is 9.52. The Hall–Kier alpha value is -7.92. The molecule has 0 unspecified atom stereocenters. The molecule has 306 valence electrons. The number of hydrogen-bond donors (Lipinski definition) is 0. The average Bonchev–Trinajstić information content (AvgIpc) is 3.95. The minimum atomic E-state index is -3.92. The van der Waals surface area contributed by atoms with E-state index >= 15 is 0 Å². The summed E-state index contributed by atoms with van der Waals surface area (Å²) in [6.07, 6.45) is 2.96. The van der Waals surface area contributed by atoms with Crippen LogP contribution in [0.5, 0.6) is 0 Å². The van der Waals surface area contributed by atoms with E-state index in [-0.39, 0.29) is 30.7 Å². The first-order chi connectivity index (χ1) is 31.1. The SMILES string of the molecule is O=C1/C(=C/c2ccc3c(c2)c2ccccc2n3-c2ccc(-c3ccc(-n4c5ccccc5c5cc(/C=C6\C(=O)c7ccccc7S6(=O)=O)ccc54)cc3)cc2)S(=O)(=O)c2ccccc21. The molecule has 0 atom stereocenters. The predicted octanol–water partition coefficient (Wildman–Crippen LogP) is 11.6. The molecule has 10 heteroatoms. The van der Waals surface area contributed by atoms with Crippen LogP contribution in [0.4, 0.5) is 0 Å². The molecule has 0 radical (unpaired) electrons. The van der Waals surface area contributed by atoms with Gasteiger partial charge < -0.3 is 9.13 Å². The third-order valence-electron chi connectivity index (χ3n) is 12.4. The molecule has 2 aliphatic rings. The smallest absolute Gasteiger partial charge is 0.211 e. The Morgan fingerprint density at radius 1 is 0.359 bits per heavy atom. The molecule has 4 heterocycles. The van der Waals surface area contributed by atoms with Gasteiger partial charge in [-0.3, -0.25) is 9.59 Å². The Morgan fingerprint density at radius 2 is 0.719 bits per heavy atom. The van der Waals surface area contributed by atoms with Gasteiger partial charge in [0.15, 0.2) is 0 Å². The van der Waals surface area contributed by atoms with E-state index in [1.807, 2.05) is 72.8 Å². The van der Waals surface area contributed by atoms with E-state index in [1.54, 1.807) is 36.4 Å². The second-order valence-corrected chi connectivity index (χ2v) is 19.8. The largest absolute Gasteiger partial charge is 0.309 e. The van der Waals surface area contributed by atoms with Crippen LogP contribution in [0.2, 0.25) is 0 Å². The van der Waals surface area contributed by atoms with Crippen LogP contribution in [0.1, 0.15) is 31.8 Å². The number of carbonyl (C=O) groups is 2. The van der Waals surface area contributed by atoms with E-state index in [2.05, 4.69) is 69.8 Å². The summed E-state index contributed by atoms with van der Waals surface area (Å²) in [6.45, 7) is 0. The highest BCUT2D eigenvalue weighted by Gasteiger charge is 2.40. The number of para-hydroxylation sites is 2. The summed E-state index contributed by atoms with van der Waals surface area (Å²) in [4.78, 5) is 26.1. The number of aromatic nitrogens is 2. The van der Waals surface area contributed by atoms with Gasteiger partial charge >= 0.3 is 0 Å². The summed E-state index contributed by atoms with van der Waals surface area (Å²) < 4.78 is 57.8. The second-order valence-electron chi connectivity index (χ2n) is 16.0. The quantitative estimate of drug-likeness (QED) is 0.159. The standard InChI is InChI=1S/C54H32N2O6S2/c57-53-41-11-3-7-15-49(41)63(59,60)51(53)31-33-17-27-47-43(29-33)39-9-1-5-13-45(39)55(47)37-23-19-35(20-24-37)36-21-25-38(26-22-36)56-46-14-6-2-10-40(46)44-30-34(18-28-48(44)56)32-52-54(58)42-12-4-8-16-50(42)64(52,61)62/h1-32H/b51-31-,52-32+. The molecule has 8 aromatic carbocycles. The molecule has 0 saturated heterocycles. The van der Waals surface area contributed by atoms with Gasteiger partial charge in [0.1, 0.15) is 9.81 Å². The average molecular weight is 869 g/mol. The number of rotatable bonds is 5. The molecule has 0 amide bonds. The van der Waals surface area contributed by atoms with E-state index in [0.29, 0.717) is 11.1 Å². The van der Waals surface area contributed by atoms with Crippen LogP contribution >= 0.6 is 0 Å². The number of benzene rings is 8. The van der Waals surface area contributed by atoms with Crippen LogP contribution in [0.25, 0.3) is 78.3 Å². The number of fused-ring (bicyclic) bond motifs is 8. The number of sulfone groups is 2. The zero-order chi connectivity index (χ0) is 43.5. The van der Waals surface area contributed by atoms with Gasteiger partial charge in [0.25, 0.3) is 0 Å². The third kappa shape index (κ3) is 5.52. The topological polar surface area (TPSA) is 112 Å². The lowest BCUT2D eigenvalue weighted by atomic mass is 10.0. The summed E-state index contributed by atoms with van der Waals surface area (Å²) in [5, 5.41) is 3.88. The number of ketones is 2. The van der Waals surface area contributed by atoms with Gasteiger partial charge in [-0.1, -0.05) is 97.1 Å². The van der Waals surface area contributed by atoms with E-state index in [9.17, 15) is 26.4 Å². The molecule has 10 aromatic rings. The van der Waals surface area contributed by atoms with Crippen LogP contribution in [-0.4, -0.2) is 37.5 Å². The molecule has 0 aliphatic carbocycles. The van der Waals surface area contributed by atoms with Crippen molar-refractivity contribution in [3.8, 4) is 22.5 Å². The molecule has 0 saturated carbocycles. The van der Waals surface area contributed by atoms with Crippen molar-refractivity contribution in [3.63, 3.8) is 0 Å². The minimum Gasteiger partial charge on any atom is -0.309 e. The van der Waals surface area contributed by atoms with Gasteiger partial charge in [-0.05, 0) is 119 Å². The maximum atomic E-state index is 13.3. The molecule has 8 nitrogen and oxygen atoms in total. The third-order valence-corrected chi connectivity index (χ3v) is 16.1. The van der Waals surface area contributed by atoms with E-state index in [1.165, 1.54) is 24.3 Å². The van der Waals surface area contributed by atoms with Gasteiger partial charge in [0.2, 0.25) is 31.2 Å². The van der Waals surface area contributed by atoms with Gasteiger partial charge in [-0.15, -0.1) is 0 Å². The number of carbonyl (C=O) groups excluding carboxylic acids is 2. The summed E-state index contributed by atoms with van der Waals surface area (Å²) >= 11 is 0. The summed E-state index contributed by atoms with van der Waals surface area (Å²) in [6, 6.07) is 57.1. The summed E-state index contributed by atoms with van der Waals surface area (Å²) in [5.74, 6) is -0.979. The van der Waals surface area contributed by atoms with Crippen LogP contribution in [0.3, 0.4) is 0 Å². The molecule has 2 aliphatic heterocycles. The highest BCUT2D eigenvalue weighted by atomic mass is 32.2. The van der Waals surface area contributed by atoms with Gasteiger partial charge in [-0.25, -0.2) is 16.8 Å². The molecule has 0 bridgehead atoms.